The number of piperazine rings is 1. The van der Waals surface area contributed by atoms with E-state index in [1.165, 1.54) is 31.6 Å². The van der Waals surface area contributed by atoms with Crippen molar-refractivity contribution in [2.24, 2.45) is 5.73 Å². The number of rotatable bonds is 2. The fourth-order valence-corrected chi connectivity index (χ4v) is 3.38. The molecule has 2 heterocycles. The van der Waals surface area contributed by atoms with E-state index in [0.29, 0.717) is 6.54 Å². The summed E-state index contributed by atoms with van der Waals surface area (Å²) in [6, 6.07) is 7.01. The van der Waals surface area contributed by atoms with Crippen molar-refractivity contribution in [3.63, 3.8) is 0 Å². The number of anilines is 1. The van der Waals surface area contributed by atoms with Crippen molar-refractivity contribution in [2.45, 2.75) is 25.4 Å². The summed E-state index contributed by atoms with van der Waals surface area (Å²) in [5.74, 6) is 0. The van der Waals surface area contributed by atoms with E-state index in [0.717, 1.165) is 29.7 Å². The Morgan fingerprint density at radius 2 is 2.17 bits per heavy atom. The van der Waals surface area contributed by atoms with Gasteiger partial charge in [0.05, 0.1) is 0 Å². The summed E-state index contributed by atoms with van der Waals surface area (Å²) in [6.07, 6.45) is 2.69. The third-order valence-corrected chi connectivity index (χ3v) is 4.56. The predicted molar refractivity (Wildman–Crippen MR) is 76.2 cm³/mol. The topological polar surface area (TPSA) is 32.5 Å². The quantitative estimate of drug-likeness (QED) is 0.889. The fraction of sp³-hybridized carbons (Fsp3) is 0.571. The lowest BCUT2D eigenvalue weighted by molar-refractivity contribution is 0.231. The number of halogens is 1. The Kier molecular flexibility index (Phi) is 3.46. The molecule has 0 amide bonds. The minimum atomic E-state index is 0.509. The van der Waals surface area contributed by atoms with Gasteiger partial charge in [0, 0.05) is 42.9 Å². The van der Waals surface area contributed by atoms with Crippen molar-refractivity contribution in [3.8, 4) is 0 Å². The average Bonchev–Trinajstić information content (AvgIpc) is 2.85. The van der Waals surface area contributed by atoms with Crippen LogP contribution in [0.15, 0.2) is 18.2 Å². The molecule has 1 atom stereocenters. The summed E-state index contributed by atoms with van der Waals surface area (Å²) in [4.78, 5) is 5.07. The first-order valence-corrected chi connectivity index (χ1v) is 7.13. The normalized spacial score (nSPS) is 24.3. The van der Waals surface area contributed by atoms with E-state index in [1.807, 2.05) is 0 Å². The largest absolute Gasteiger partial charge is 0.369 e. The molecule has 1 unspecified atom stereocenters. The number of benzene rings is 1. The first kappa shape index (κ1) is 12.3. The molecule has 18 heavy (non-hydrogen) atoms. The molecule has 0 aliphatic carbocycles. The molecule has 0 saturated carbocycles. The monoisotopic (exact) mass is 265 g/mol. The van der Waals surface area contributed by atoms with E-state index in [1.54, 1.807) is 0 Å². The van der Waals surface area contributed by atoms with E-state index in [9.17, 15) is 0 Å². The summed E-state index contributed by atoms with van der Waals surface area (Å²) in [5, 5.41) is 0.795. The first-order valence-electron chi connectivity index (χ1n) is 6.75. The van der Waals surface area contributed by atoms with Gasteiger partial charge in [-0.2, -0.15) is 0 Å². The van der Waals surface area contributed by atoms with Gasteiger partial charge in [-0.3, -0.25) is 4.90 Å². The van der Waals surface area contributed by atoms with Crippen LogP contribution in [0.2, 0.25) is 5.02 Å². The Hall–Kier alpha value is -0.770. The highest BCUT2D eigenvalue weighted by molar-refractivity contribution is 6.31. The Balaban J connectivity index is 1.76. The molecule has 2 fully saturated rings. The van der Waals surface area contributed by atoms with Crippen LogP contribution in [0, 0.1) is 0 Å². The van der Waals surface area contributed by atoms with E-state index in [-0.39, 0.29) is 0 Å². The Morgan fingerprint density at radius 1 is 1.28 bits per heavy atom. The maximum absolute atomic E-state index is 6.24. The van der Waals surface area contributed by atoms with Crippen LogP contribution < -0.4 is 10.6 Å². The van der Waals surface area contributed by atoms with Crippen molar-refractivity contribution in [1.29, 1.82) is 0 Å². The number of hydrogen-bond acceptors (Lipinski definition) is 3. The third-order valence-electron chi connectivity index (χ3n) is 4.21. The highest BCUT2D eigenvalue weighted by Gasteiger charge is 2.30. The fourth-order valence-electron chi connectivity index (χ4n) is 3.12. The van der Waals surface area contributed by atoms with Gasteiger partial charge >= 0.3 is 0 Å². The molecule has 3 nitrogen and oxygen atoms in total. The molecule has 0 aromatic heterocycles. The maximum atomic E-state index is 6.24. The van der Waals surface area contributed by atoms with Crippen molar-refractivity contribution >= 4 is 17.3 Å². The van der Waals surface area contributed by atoms with E-state index < -0.39 is 0 Å². The van der Waals surface area contributed by atoms with Gasteiger partial charge in [-0.15, -0.1) is 0 Å². The molecule has 0 spiro atoms. The lowest BCUT2D eigenvalue weighted by atomic mass is 10.1. The van der Waals surface area contributed by atoms with Gasteiger partial charge < -0.3 is 10.6 Å². The van der Waals surface area contributed by atoms with Crippen LogP contribution in [0.5, 0.6) is 0 Å². The molecule has 2 aliphatic heterocycles. The Labute approximate surface area is 114 Å². The second kappa shape index (κ2) is 5.08. The average molecular weight is 266 g/mol. The minimum Gasteiger partial charge on any atom is -0.369 e. The smallest absolute Gasteiger partial charge is 0.0471 e. The van der Waals surface area contributed by atoms with Crippen LogP contribution in [0.1, 0.15) is 18.4 Å². The van der Waals surface area contributed by atoms with Crippen LogP contribution >= 0.6 is 11.6 Å². The molecular weight excluding hydrogens is 246 g/mol. The van der Waals surface area contributed by atoms with Crippen LogP contribution in [-0.4, -0.2) is 37.1 Å². The summed E-state index contributed by atoms with van der Waals surface area (Å²) < 4.78 is 0. The van der Waals surface area contributed by atoms with Crippen LogP contribution in [0.3, 0.4) is 0 Å². The van der Waals surface area contributed by atoms with E-state index >= 15 is 0 Å². The van der Waals surface area contributed by atoms with Gasteiger partial charge in [-0.25, -0.2) is 0 Å². The molecule has 4 heteroatoms. The summed E-state index contributed by atoms with van der Waals surface area (Å²) in [6.45, 7) is 5.22. The molecule has 0 bridgehead atoms. The van der Waals surface area contributed by atoms with Crippen molar-refractivity contribution in [2.75, 3.05) is 31.1 Å². The molecule has 1 aromatic carbocycles. The van der Waals surface area contributed by atoms with Crippen LogP contribution in [0.4, 0.5) is 5.69 Å². The Morgan fingerprint density at radius 3 is 2.94 bits per heavy atom. The summed E-state index contributed by atoms with van der Waals surface area (Å²) in [7, 11) is 0. The molecular formula is C14H20ClN3. The maximum Gasteiger partial charge on any atom is 0.0471 e. The van der Waals surface area contributed by atoms with Gasteiger partial charge in [0.1, 0.15) is 0 Å². The molecule has 1 aromatic rings. The van der Waals surface area contributed by atoms with Crippen LogP contribution in [0.25, 0.3) is 0 Å². The van der Waals surface area contributed by atoms with Crippen molar-refractivity contribution < 1.29 is 0 Å². The Bertz CT molecular complexity index is 435. The number of nitrogens with zero attached hydrogens (tertiary/aromatic N) is 2. The summed E-state index contributed by atoms with van der Waals surface area (Å²) >= 11 is 6.24. The molecule has 3 rings (SSSR count). The van der Waals surface area contributed by atoms with E-state index in [2.05, 4.69) is 28.0 Å². The molecule has 2 aliphatic rings. The second-order valence-corrected chi connectivity index (χ2v) is 5.67. The zero-order valence-corrected chi connectivity index (χ0v) is 11.4. The number of nitrogens with two attached hydrogens (primary N) is 1. The highest BCUT2D eigenvalue weighted by Crippen LogP contribution is 2.28. The van der Waals surface area contributed by atoms with Crippen LogP contribution in [-0.2, 0) is 6.54 Å². The standard InChI is InChI=1S/C14H20ClN3/c15-14-8-12(4-3-11(14)9-16)18-7-6-17-5-1-2-13(17)10-18/h3-4,8,13H,1-2,5-7,9-10,16H2. The first-order chi connectivity index (χ1) is 8.78. The van der Waals surface area contributed by atoms with Gasteiger partial charge in [0.25, 0.3) is 0 Å². The molecule has 0 radical (unpaired) electrons. The lowest BCUT2D eigenvalue weighted by Gasteiger charge is -2.39. The number of hydrogen-bond donors (Lipinski definition) is 1. The van der Waals surface area contributed by atoms with Crippen molar-refractivity contribution in [1.82, 2.24) is 4.90 Å². The minimum absolute atomic E-state index is 0.509. The molecule has 2 N–H and O–H groups in total. The van der Waals surface area contributed by atoms with Gasteiger partial charge in [-0.05, 0) is 37.1 Å². The van der Waals surface area contributed by atoms with Gasteiger partial charge in [-0.1, -0.05) is 17.7 Å². The SMILES string of the molecule is NCc1ccc(N2CCN3CCCC3C2)cc1Cl. The molecule has 2 saturated heterocycles. The second-order valence-electron chi connectivity index (χ2n) is 5.26. The zero-order chi connectivity index (χ0) is 12.5. The summed E-state index contributed by atoms with van der Waals surface area (Å²) in [5.41, 5.74) is 7.91. The predicted octanol–water partition coefficient (Wildman–Crippen LogP) is 2.08. The third kappa shape index (κ3) is 2.22. The lowest BCUT2D eigenvalue weighted by Crippen LogP contribution is -2.50. The van der Waals surface area contributed by atoms with E-state index in [4.69, 9.17) is 17.3 Å². The molecule has 98 valence electrons. The number of fused-ring (bicyclic) bond motifs is 1. The van der Waals surface area contributed by atoms with Gasteiger partial charge in [0.2, 0.25) is 0 Å². The van der Waals surface area contributed by atoms with Gasteiger partial charge in [0.15, 0.2) is 0 Å². The highest BCUT2D eigenvalue weighted by atomic mass is 35.5. The zero-order valence-electron chi connectivity index (χ0n) is 10.6. The van der Waals surface area contributed by atoms with Crippen molar-refractivity contribution in [3.05, 3.63) is 28.8 Å².